The molecule has 0 aromatic rings. The van der Waals surface area contributed by atoms with E-state index in [1.165, 1.54) is 0 Å². The molecule has 0 radical (unpaired) electrons. The third-order valence-electron chi connectivity index (χ3n) is 2.13. The van der Waals surface area contributed by atoms with Crippen molar-refractivity contribution in [3.63, 3.8) is 0 Å². The normalized spacial score (nSPS) is 15.1. The summed E-state index contributed by atoms with van der Waals surface area (Å²) < 4.78 is 10.2. The molecule has 0 aliphatic rings. The number of carbonyl (C=O) groups excluding carboxylic acids is 1. The number of carbonyl (C=O) groups is 1. The van der Waals surface area contributed by atoms with Crippen molar-refractivity contribution < 1.29 is 14.3 Å². The molecule has 2 N–H and O–H groups in total. The molecule has 2 unspecified atom stereocenters. The molecular weight excluding hydrogens is 196 g/mol. The van der Waals surface area contributed by atoms with Gasteiger partial charge in [-0.3, -0.25) is 10.1 Å². The van der Waals surface area contributed by atoms with E-state index in [-0.39, 0.29) is 24.3 Å². The smallest absolute Gasteiger partial charge is 0.236 e. The molecule has 0 heterocycles. The molecule has 0 aromatic carbocycles. The van der Waals surface area contributed by atoms with Crippen LogP contribution in [0.4, 0.5) is 0 Å². The SMILES string of the molecule is CCNC(=O)C(C)NC(C)C(OC)OC. The Balaban J connectivity index is 4.04. The Morgan fingerprint density at radius 3 is 2.20 bits per heavy atom. The number of methoxy groups -OCH3 is 2. The standard InChI is InChI=1S/C10H22N2O3/c1-6-11-9(13)7(2)12-8(3)10(14-4)15-5/h7-8,10,12H,6H2,1-5H3,(H,11,13). The first-order valence-electron chi connectivity index (χ1n) is 5.16. The highest BCUT2D eigenvalue weighted by Gasteiger charge is 2.20. The molecule has 0 rings (SSSR count). The summed E-state index contributed by atoms with van der Waals surface area (Å²) in [7, 11) is 3.15. The van der Waals surface area contributed by atoms with E-state index in [0.717, 1.165) is 0 Å². The Labute approximate surface area is 91.5 Å². The highest BCUT2D eigenvalue weighted by atomic mass is 16.7. The van der Waals surface area contributed by atoms with Crippen LogP contribution in [0.15, 0.2) is 0 Å². The van der Waals surface area contributed by atoms with Gasteiger partial charge in [0.15, 0.2) is 6.29 Å². The van der Waals surface area contributed by atoms with Crippen LogP contribution in [0, 0.1) is 0 Å². The van der Waals surface area contributed by atoms with Crippen LogP contribution in [0.5, 0.6) is 0 Å². The predicted molar refractivity (Wildman–Crippen MR) is 58.5 cm³/mol. The van der Waals surface area contributed by atoms with Gasteiger partial charge in [-0.05, 0) is 20.8 Å². The fourth-order valence-electron chi connectivity index (χ4n) is 1.38. The van der Waals surface area contributed by atoms with Crippen molar-refractivity contribution in [3.05, 3.63) is 0 Å². The van der Waals surface area contributed by atoms with Crippen LogP contribution < -0.4 is 10.6 Å². The summed E-state index contributed by atoms with van der Waals surface area (Å²) in [5, 5.41) is 5.85. The van der Waals surface area contributed by atoms with Crippen molar-refractivity contribution >= 4 is 5.91 Å². The van der Waals surface area contributed by atoms with Gasteiger partial charge in [0.05, 0.1) is 12.1 Å². The van der Waals surface area contributed by atoms with Crippen LogP contribution >= 0.6 is 0 Å². The summed E-state index contributed by atoms with van der Waals surface area (Å²) in [6.07, 6.45) is -0.345. The lowest BCUT2D eigenvalue weighted by atomic mass is 10.2. The van der Waals surface area contributed by atoms with E-state index in [1.807, 2.05) is 20.8 Å². The van der Waals surface area contributed by atoms with Gasteiger partial charge in [0.2, 0.25) is 5.91 Å². The van der Waals surface area contributed by atoms with Crippen molar-refractivity contribution in [2.75, 3.05) is 20.8 Å². The third kappa shape index (κ3) is 5.11. The van der Waals surface area contributed by atoms with Crippen LogP contribution in [0.2, 0.25) is 0 Å². The zero-order valence-corrected chi connectivity index (χ0v) is 10.2. The van der Waals surface area contributed by atoms with Gasteiger partial charge in [-0.15, -0.1) is 0 Å². The molecule has 90 valence electrons. The van der Waals surface area contributed by atoms with Crippen LogP contribution in [0.25, 0.3) is 0 Å². The summed E-state index contributed by atoms with van der Waals surface area (Å²) in [5.41, 5.74) is 0. The molecule has 15 heavy (non-hydrogen) atoms. The lowest BCUT2D eigenvalue weighted by molar-refractivity contribution is -0.129. The quantitative estimate of drug-likeness (QED) is 0.595. The monoisotopic (exact) mass is 218 g/mol. The van der Waals surface area contributed by atoms with Gasteiger partial charge in [-0.2, -0.15) is 0 Å². The summed E-state index contributed by atoms with van der Waals surface area (Å²) in [5.74, 6) is -0.0182. The van der Waals surface area contributed by atoms with Gasteiger partial charge in [-0.1, -0.05) is 0 Å². The van der Waals surface area contributed by atoms with Crippen molar-refractivity contribution in [3.8, 4) is 0 Å². The van der Waals surface area contributed by atoms with E-state index in [1.54, 1.807) is 14.2 Å². The minimum atomic E-state index is -0.345. The molecule has 0 saturated carbocycles. The van der Waals surface area contributed by atoms with Crippen LogP contribution in [-0.4, -0.2) is 45.0 Å². The average Bonchev–Trinajstić information content (AvgIpc) is 2.19. The van der Waals surface area contributed by atoms with Crippen molar-refractivity contribution in [2.45, 2.75) is 39.1 Å². The van der Waals surface area contributed by atoms with Crippen molar-refractivity contribution in [2.24, 2.45) is 0 Å². The fraction of sp³-hybridized carbons (Fsp3) is 0.900. The maximum absolute atomic E-state index is 11.4. The molecule has 0 bridgehead atoms. The summed E-state index contributed by atoms with van der Waals surface area (Å²) in [6, 6.07) is -0.301. The maximum atomic E-state index is 11.4. The van der Waals surface area contributed by atoms with Crippen molar-refractivity contribution in [1.82, 2.24) is 10.6 Å². The Kier molecular flexibility index (Phi) is 7.29. The number of rotatable bonds is 7. The van der Waals surface area contributed by atoms with Gasteiger partial charge >= 0.3 is 0 Å². The zero-order chi connectivity index (χ0) is 11.8. The minimum Gasteiger partial charge on any atom is -0.355 e. The largest absolute Gasteiger partial charge is 0.355 e. The third-order valence-corrected chi connectivity index (χ3v) is 2.13. The number of likely N-dealkylation sites (N-methyl/N-ethyl adjacent to an activating group) is 1. The van der Waals surface area contributed by atoms with Crippen molar-refractivity contribution in [1.29, 1.82) is 0 Å². The first kappa shape index (κ1) is 14.3. The van der Waals surface area contributed by atoms with Crippen LogP contribution in [-0.2, 0) is 14.3 Å². The van der Waals surface area contributed by atoms with Crippen LogP contribution in [0.3, 0.4) is 0 Å². The molecule has 0 saturated heterocycles. The van der Waals surface area contributed by atoms with E-state index >= 15 is 0 Å². The molecule has 2 atom stereocenters. The highest BCUT2D eigenvalue weighted by Crippen LogP contribution is 1.99. The summed E-state index contributed by atoms with van der Waals surface area (Å²) in [4.78, 5) is 11.4. The number of hydrogen-bond acceptors (Lipinski definition) is 4. The lowest BCUT2D eigenvalue weighted by Crippen LogP contribution is -2.50. The molecule has 1 amide bonds. The molecule has 0 spiro atoms. The number of amides is 1. The van der Waals surface area contributed by atoms with E-state index in [0.29, 0.717) is 6.54 Å². The summed E-state index contributed by atoms with van der Waals surface area (Å²) in [6.45, 7) is 6.25. The Morgan fingerprint density at radius 1 is 1.27 bits per heavy atom. The second-order valence-electron chi connectivity index (χ2n) is 3.41. The summed E-state index contributed by atoms with van der Waals surface area (Å²) >= 11 is 0. The average molecular weight is 218 g/mol. The molecule has 0 aromatic heterocycles. The number of ether oxygens (including phenoxy) is 2. The molecular formula is C10H22N2O3. The second-order valence-corrected chi connectivity index (χ2v) is 3.41. The Morgan fingerprint density at radius 2 is 1.80 bits per heavy atom. The fourth-order valence-corrected chi connectivity index (χ4v) is 1.38. The zero-order valence-electron chi connectivity index (χ0n) is 10.2. The second kappa shape index (κ2) is 7.62. The lowest BCUT2D eigenvalue weighted by Gasteiger charge is -2.25. The van der Waals surface area contributed by atoms with Crippen LogP contribution in [0.1, 0.15) is 20.8 Å². The highest BCUT2D eigenvalue weighted by molar-refractivity contribution is 5.81. The molecule has 0 aliphatic carbocycles. The van der Waals surface area contributed by atoms with Gasteiger partial charge in [0, 0.05) is 20.8 Å². The van der Waals surface area contributed by atoms with E-state index in [4.69, 9.17) is 9.47 Å². The molecule has 5 heteroatoms. The molecule has 0 aliphatic heterocycles. The Hall–Kier alpha value is -0.650. The van der Waals surface area contributed by atoms with Gasteiger partial charge < -0.3 is 14.8 Å². The van der Waals surface area contributed by atoms with Gasteiger partial charge in [0.25, 0.3) is 0 Å². The first-order valence-corrected chi connectivity index (χ1v) is 5.16. The topological polar surface area (TPSA) is 59.6 Å². The molecule has 0 fully saturated rings. The van der Waals surface area contributed by atoms with Gasteiger partial charge in [-0.25, -0.2) is 0 Å². The predicted octanol–water partition coefficient (Wildman–Crippen LogP) is 0.108. The van der Waals surface area contributed by atoms with E-state index in [9.17, 15) is 4.79 Å². The van der Waals surface area contributed by atoms with Gasteiger partial charge in [0.1, 0.15) is 0 Å². The van der Waals surface area contributed by atoms with E-state index in [2.05, 4.69) is 10.6 Å². The minimum absolute atomic E-state index is 0.0182. The maximum Gasteiger partial charge on any atom is 0.236 e. The number of hydrogen-bond donors (Lipinski definition) is 2. The number of nitrogens with one attached hydrogen (secondary N) is 2. The Bertz CT molecular complexity index is 184. The van der Waals surface area contributed by atoms with E-state index < -0.39 is 0 Å². The molecule has 5 nitrogen and oxygen atoms in total. The first-order chi connectivity index (χ1) is 7.06.